The Hall–Kier alpha value is -5.10. The van der Waals surface area contributed by atoms with Gasteiger partial charge in [-0.2, -0.15) is 5.10 Å². The molecular weight excluding hydrogens is 562 g/mol. The number of aliphatic hydroxyl groups is 2. The molecule has 1 fully saturated rings. The molecule has 10 N–H and O–H groups in total. The molecule has 1 aliphatic heterocycles. The maximum absolute atomic E-state index is 14.0. The molecular formula is C26H29N11O6. The predicted octanol–water partition coefficient (Wildman–Crippen LogP) is -0.673. The van der Waals surface area contributed by atoms with E-state index in [-0.39, 0.29) is 24.7 Å². The van der Waals surface area contributed by atoms with Crippen LogP contribution >= 0.6 is 0 Å². The van der Waals surface area contributed by atoms with E-state index in [1.165, 1.54) is 15.8 Å². The number of nitrogen functional groups attached to an aromatic ring is 2. The number of carbonyl (C=O) groups excluding carboxylic acids is 1. The van der Waals surface area contributed by atoms with E-state index in [0.29, 0.717) is 39.0 Å². The van der Waals surface area contributed by atoms with Gasteiger partial charge < -0.3 is 51.7 Å². The number of amides is 1. The average molecular weight is 592 g/mol. The first kappa shape index (κ1) is 28.0. The largest absolute Gasteiger partial charge is 0.480 e. The van der Waals surface area contributed by atoms with Crippen LogP contribution in [0.4, 0.5) is 17.5 Å². The van der Waals surface area contributed by atoms with Crippen molar-refractivity contribution in [2.24, 2.45) is 12.8 Å². The number of anilines is 3. The Bertz CT molecular complexity index is 1850. The van der Waals surface area contributed by atoms with Crippen molar-refractivity contribution in [1.29, 1.82) is 0 Å². The highest BCUT2D eigenvalue weighted by Crippen LogP contribution is 2.38. The van der Waals surface area contributed by atoms with E-state index >= 15 is 0 Å². The number of H-pyrrole nitrogens is 1. The van der Waals surface area contributed by atoms with Gasteiger partial charge >= 0.3 is 5.97 Å². The Labute approximate surface area is 242 Å². The number of aliphatic carboxylic acids is 1. The molecule has 17 nitrogen and oxygen atoms in total. The number of fused-ring (bicyclic) bond motifs is 2. The number of nitrogens with zero attached hydrogens (tertiary/aromatic N) is 7. The molecule has 224 valence electrons. The topological polar surface area (TPSA) is 263 Å². The minimum Gasteiger partial charge on any atom is -0.480 e. The van der Waals surface area contributed by atoms with Crippen LogP contribution in [-0.2, 0) is 21.4 Å². The second-order valence-electron chi connectivity index (χ2n) is 10.3. The summed E-state index contributed by atoms with van der Waals surface area (Å²) < 4.78 is 9.13. The van der Waals surface area contributed by atoms with Gasteiger partial charge in [-0.15, -0.1) is 0 Å². The second kappa shape index (κ2) is 10.6. The van der Waals surface area contributed by atoms with Crippen LogP contribution in [0, 0.1) is 0 Å². The van der Waals surface area contributed by atoms with Crippen LogP contribution in [0.25, 0.3) is 33.3 Å². The van der Waals surface area contributed by atoms with Crippen molar-refractivity contribution in [2.45, 2.75) is 37.0 Å². The third-order valence-corrected chi connectivity index (χ3v) is 7.43. The summed E-state index contributed by atoms with van der Waals surface area (Å²) in [4.78, 5) is 42.1. The molecule has 17 heteroatoms. The maximum atomic E-state index is 14.0. The highest BCUT2D eigenvalue weighted by atomic mass is 16.6. The summed E-state index contributed by atoms with van der Waals surface area (Å²) in [6.07, 6.45) is -1.50. The molecule has 0 bridgehead atoms. The summed E-state index contributed by atoms with van der Waals surface area (Å²) in [5.41, 5.74) is 20.5. The first-order valence-corrected chi connectivity index (χ1v) is 13.2. The number of benzene rings is 1. The maximum Gasteiger partial charge on any atom is 0.320 e. The second-order valence-corrected chi connectivity index (χ2v) is 10.3. The van der Waals surface area contributed by atoms with Crippen LogP contribution < -0.4 is 22.1 Å². The van der Waals surface area contributed by atoms with Gasteiger partial charge in [0.1, 0.15) is 36.0 Å². The third-order valence-electron chi connectivity index (χ3n) is 7.43. The van der Waals surface area contributed by atoms with Gasteiger partial charge in [0.05, 0.1) is 22.1 Å². The van der Waals surface area contributed by atoms with Gasteiger partial charge in [0.15, 0.2) is 18.3 Å². The minimum atomic E-state index is -1.66. The Morgan fingerprint density at radius 1 is 1.19 bits per heavy atom. The molecule has 5 aromatic rings. The van der Waals surface area contributed by atoms with E-state index in [0.717, 1.165) is 0 Å². The molecule has 0 radical (unpaired) electrons. The molecule has 0 saturated carbocycles. The van der Waals surface area contributed by atoms with Gasteiger partial charge in [-0.05, 0) is 30.7 Å². The van der Waals surface area contributed by atoms with E-state index < -0.39 is 42.5 Å². The van der Waals surface area contributed by atoms with E-state index in [4.69, 9.17) is 21.9 Å². The van der Waals surface area contributed by atoms with Crippen molar-refractivity contribution in [1.82, 2.24) is 34.3 Å². The molecule has 1 aromatic carbocycles. The van der Waals surface area contributed by atoms with Crippen molar-refractivity contribution in [2.75, 3.05) is 22.9 Å². The van der Waals surface area contributed by atoms with Crippen molar-refractivity contribution in [3.63, 3.8) is 0 Å². The lowest BCUT2D eigenvalue weighted by Gasteiger charge is -2.27. The van der Waals surface area contributed by atoms with Crippen LogP contribution in [0.15, 0.2) is 43.0 Å². The van der Waals surface area contributed by atoms with Gasteiger partial charge in [0.25, 0.3) is 5.91 Å². The van der Waals surface area contributed by atoms with Crippen molar-refractivity contribution < 1.29 is 29.6 Å². The number of nitrogens with two attached hydrogens (primary N) is 3. The highest BCUT2D eigenvalue weighted by molar-refractivity contribution is 6.00. The van der Waals surface area contributed by atoms with E-state index in [1.54, 1.807) is 48.4 Å². The smallest absolute Gasteiger partial charge is 0.320 e. The molecule has 43 heavy (non-hydrogen) atoms. The molecule has 5 heterocycles. The zero-order valence-electron chi connectivity index (χ0n) is 22.8. The Morgan fingerprint density at radius 3 is 2.70 bits per heavy atom. The first-order valence-electron chi connectivity index (χ1n) is 13.2. The summed E-state index contributed by atoms with van der Waals surface area (Å²) in [5, 5.41) is 36.4. The summed E-state index contributed by atoms with van der Waals surface area (Å²) >= 11 is 0. The minimum absolute atomic E-state index is 0.106. The Morgan fingerprint density at radius 2 is 1.98 bits per heavy atom. The fourth-order valence-corrected chi connectivity index (χ4v) is 5.25. The van der Waals surface area contributed by atoms with Crippen molar-refractivity contribution >= 4 is 51.4 Å². The molecule has 5 atom stereocenters. The van der Waals surface area contributed by atoms with Crippen LogP contribution in [-0.4, -0.2) is 92.4 Å². The molecule has 1 unspecified atom stereocenters. The number of aryl methyl sites for hydroxylation is 1. The zero-order valence-corrected chi connectivity index (χ0v) is 22.8. The van der Waals surface area contributed by atoms with Gasteiger partial charge in [0, 0.05) is 37.2 Å². The third kappa shape index (κ3) is 4.89. The van der Waals surface area contributed by atoms with Crippen molar-refractivity contribution in [3.05, 3.63) is 43.0 Å². The normalized spacial score (nSPS) is 21.0. The summed E-state index contributed by atoms with van der Waals surface area (Å²) in [6.45, 7) is -0.130. The monoisotopic (exact) mass is 591 g/mol. The fourth-order valence-electron chi connectivity index (χ4n) is 5.25. The van der Waals surface area contributed by atoms with Crippen LogP contribution in [0.2, 0.25) is 0 Å². The number of imidazole rings is 1. The van der Waals surface area contributed by atoms with Crippen LogP contribution in [0.1, 0.15) is 12.6 Å². The standard InChI is InChI=1S/C26H29N11O6/c1-35-6-5-14(34-35)12-9-37(22-17(12)21(28)30-10-31-22)24-19(39)18(38)20(43-24)23(40)36(7-4-13(27)25(41)42)11-2-3-15-16(8-11)33-26(29)32-15/h2-3,5-6,8-10,13,18-20,24,38-39H,4,7,27H2,1H3,(H,41,42)(H2,28,30,31)(H3,29,32,33)/t13?,18-,19+,20-,24+/m0/s1. The number of aromatic nitrogens is 7. The molecule has 1 amide bonds. The van der Waals surface area contributed by atoms with Crippen LogP contribution in [0.5, 0.6) is 0 Å². The van der Waals surface area contributed by atoms with E-state index in [9.17, 15) is 24.9 Å². The van der Waals surface area contributed by atoms with Crippen LogP contribution in [0.3, 0.4) is 0 Å². The number of carboxylic acids is 1. The number of nitrogens with one attached hydrogen (secondary N) is 1. The van der Waals surface area contributed by atoms with Gasteiger partial charge in [-0.3, -0.25) is 14.3 Å². The van der Waals surface area contributed by atoms with Gasteiger partial charge in [-0.25, -0.2) is 15.0 Å². The van der Waals surface area contributed by atoms with Crippen molar-refractivity contribution in [3.8, 4) is 11.3 Å². The Balaban J connectivity index is 1.36. The van der Waals surface area contributed by atoms with E-state index in [2.05, 4.69) is 25.0 Å². The number of rotatable bonds is 8. The number of ether oxygens (including phenoxy) is 1. The fraction of sp³-hybridized carbons (Fsp3) is 0.308. The molecule has 6 rings (SSSR count). The molecule has 0 aliphatic carbocycles. The summed E-state index contributed by atoms with van der Waals surface area (Å²) in [5.74, 6) is -1.62. The number of aromatic amines is 1. The number of carbonyl (C=O) groups is 2. The number of hydrogen-bond donors (Lipinski definition) is 7. The summed E-state index contributed by atoms with van der Waals surface area (Å²) in [6, 6.07) is 5.35. The van der Waals surface area contributed by atoms with E-state index in [1.807, 2.05) is 0 Å². The number of carboxylic acid groups (broad SMARTS) is 1. The quantitative estimate of drug-likeness (QED) is 0.118. The summed E-state index contributed by atoms with van der Waals surface area (Å²) in [7, 11) is 1.76. The van der Waals surface area contributed by atoms with Gasteiger partial charge in [0.2, 0.25) is 0 Å². The molecule has 1 saturated heterocycles. The SMILES string of the molecule is Cn1ccc(-c2cn([C@@H]3O[C@H](C(=O)N(CCC(N)C(=O)O)c4ccc5nc(N)[nH]c5c4)[C@@H](O)[C@H]3O)c3ncnc(N)c23)n1. The first-order chi connectivity index (χ1) is 20.5. The molecule has 4 aromatic heterocycles. The van der Waals surface area contributed by atoms with Gasteiger partial charge in [-0.1, -0.05) is 0 Å². The zero-order chi connectivity index (χ0) is 30.6. The average Bonchev–Trinajstić information content (AvgIpc) is 3.73. The highest BCUT2D eigenvalue weighted by Gasteiger charge is 2.49. The number of hydrogen-bond acceptors (Lipinski definition) is 12. The predicted molar refractivity (Wildman–Crippen MR) is 153 cm³/mol. The lowest BCUT2D eigenvalue weighted by Crippen LogP contribution is -2.47. The Kier molecular flexibility index (Phi) is 6.93. The lowest BCUT2D eigenvalue weighted by atomic mass is 10.1. The lowest BCUT2D eigenvalue weighted by molar-refractivity contribution is -0.139. The molecule has 0 spiro atoms. The number of aliphatic hydroxyl groups excluding tert-OH is 2. The molecule has 1 aliphatic rings.